The highest BCUT2D eigenvalue weighted by molar-refractivity contribution is 7.89. The molecule has 0 saturated carbocycles. The largest absolute Gasteiger partial charge is 0.497 e. The van der Waals surface area contributed by atoms with Crippen molar-refractivity contribution in [1.29, 1.82) is 0 Å². The summed E-state index contributed by atoms with van der Waals surface area (Å²) in [5.74, 6) is 0.502. The normalized spacial score (nSPS) is 10.9. The van der Waals surface area contributed by atoms with E-state index in [0.29, 0.717) is 10.1 Å². The van der Waals surface area contributed by atoms with Gasteiger partial charge in [-0.1, -0.05) is 0 Å². The molecule has 7 heteroatoms. The molecule has 0 spiro atoms. The van der Waals surface area contributed by atoms with Crippen LogP contribution in [0, 0.1) is 0 Å². The van der Waals surface area contributed by atoms with Crippen LogP contribution in [-0.4, -0.2) is 37.6 Å². The van der Waals surface area contributed by atoms with Gasteiger partial charge in [0.25, 0.3) is 10.0 Å². The van der Waals surface area contributed by atoms with Crippen molar-refractivity contribution in [3.63, 3.8) is 0 Å². The lowest BCUT2D eigenvalue weighted by atomic mass is 10.3. The van der Waals surface area contributed by atoms with E-state index in [1.807, 2.05) is 0 Å². The third-order valence-electron chi connectivity index (χ3n) is 2.15. The molecule has 0 aliphatic carbocycles. The Bertz CT molecular complexity index is 494. The van der Waals surface area contributed by atoms with Gasteiger partial charge in [-0.15, -0.1) is 0 Å². The lowest BCUT2D eigenvalue weighted by molar-refractivity contribution is 0.173. The number of benzene rings is 1. The number of methoxy groups -OCH3 is 1. The first-order chi connectivity index (χ1) is 7.93. The molecule has 1 amide bonds. The highest BCUT2D eigenvalue weighted by atomic mass is 32.2. The summed E-state index contributed by atoms with van der Waals surface area (Å²) in [5.41, 5.74) is 0. The van der Waals surface area contributed by atoms with Crippen molar-refractivity contribution in [2.45, 2.75) is 11.8 Å². The lowest BCUT2D eigenvalue weighted by Gasteiger charge is -2.17. The minimum atomic E-state index is -4.00. The van der Waals surface area contributed by atoms with Crippen LogP contribution in [0.5, 0.6) is 5.75 Å². The number of carboxylic acid groups (broad SMARTS) is 1. The van der Waals surface area contributed by atoms with E-state index in [1.165, 1.54) is 38.3 Å². The van der Waals surface area contributed by atoms with Crippen LogP contribution in [0.1, 0.15) is 6.92 Å². The first-order valence-electron chi connectivity index (χ1n) is 4.83. The molecular formula is C10H13NO5S. The quantitative estimate of drug-likeness (QED) is 0.883. The lowest BCUT2D eigenvalue weighted by Crippen LogP contribution is -2.35. The second-order valence-corrected chi connectivity index (χ2v) is 4.99. The van der Waals surface area contributed by atoms with Crippen LogP contribution in [0.2, 0.25) is 0 Å². The van der Waals surface area contributed by atoms with Gasteiger partial charge in [-0.2, -0.15) is 0 Å². The van der Waals surface area contributed by atoms with E-state index in [0.717, 1.165) is 0 Å². The monoisotopic (exact) mass is 259 g/mol. The fourth-order valence-electron chi connectivity index (χ4n) is 1.28. The highest BCUT2D eigenvalue weighted by Gasteiger charge is 2.27. The maximum absolute atomic E-state index is 11.9. The molecule has 1 rings (SSSR count). The van der Waals surface area contributed by atoms with E-state index in [9.17, 15) is 13.2 Å². The Kier molecular flexibility index (Phi) is 3.95. The van der Waals surface area contributed by atoms with Crippen molar-refractivity contribution in [3.8, 4) is 5.75 Å². The Morgan fingerprint density at radius 2 is 1.88 bits per heavy atom. The summed E-state index contributed by atoms with van der Waals surface area (Å²) in [5, 5.41) is 8.79. The number of hydrogen-bond donors (Lipinski definition) is 1. The molecule has 0 unspecified atom stereocenters. The highest BCUT2D eigenvalue weighted by Crippen LogP contribution is 2.19. The summed E-state index contributed by atoms with van der Waals surface area (Å²) >= 11 is 0. The van der Waals surface area contributed by atoms with Crippen LogP contribution in [0.15, 0.2) is 29.2 Å². The van der Waals surface area contributed by atoms with Gasteiger partial charge in [0.1, 0.15) is 5.75 Å². The zero-order valence-electron chi connectivity index (χ0n) is 9.45. The second kappa shape index (κ2) is 5.05. The van der Waals surface area contributed by atoms with Gasteiger partial charge >= 0.3 is 6.09 Å². The van der Waals surface area contributed by atoms with Crippen molar-refractivity contribution in [3.05, 3.63) is 24.3 Å². The van der Waals surface area contributed by atoms with Gasteiger partial charge in [0, 0.05) is 6.54 Å². The minimum Gasteiger partial charge on any atom is -0.497 e. The smallest absolute Gasteiger partial charge is 0.421 e. The number of nitrogens with zero attached hydrogens (tertiary/aromatic N) is 1. The fraction of sp³-hybridized carbons (Fsp3) is 0.300. The van der Waals surface area contributed by atoms with Crippen molar-refractivity contribution in [2.75, 3.05) is 13.7 Å². The molecular weight excluding hydrogens is 246 g/mol. The molecule has 6 nitrogen and oxygen atoms in total. The standard InChI is InChI=1S/C10H13NO5S/c1-3-11(10(12)13)17(14,15)9-6-4-8(16-2)5-7-9/h4-7H,3H2,1-2H3,(H,12,13). The summed E-state index contributed by atoms with van der Waals surface area (Å²) in [6, 6.07) is 5.53. The van der Waals surface area contributed by atoms with Crippen molar-refractivity contribution >= 4 is 16.1 Å². The average Bonchev–Trinajstić information content (AvgIpc) is 2.29. The molecule has 0 aromatic heterocycles. The number of amides is 1. The molecule has 0 heterocycles. The Morgan fingerprint density at radius 1 is 1.35 bits per heavy atom. The number of hydrogen-bond acceptors (Lipinski definition) is 4. The number of ether oxygens (including phenoxy) is 1. The van der Waals surface area contributed by atoms with E-state index in [4.69, 9.17) is 9.84 Å². The van der Waals surface area contributed by atoms with Gasteiger partial charge in [0.05, 0.1) is 12.0 Å². The van der Waals surface area contributed by atoms with Crippen LogP contribution >= 0.6 is 0 Å². The Morgan fingerprint density at radius 3 is 2.24 bits per heavy atom. The van der Waals surface area contributed by atoms with E-state index in [-0.39, 0.29) is 11.4 Å². The minimum absolute atomic E-state index is 0.0810. The van der Waals surface area contributed by atoms with E-state index < -0.39 is 16.1 Å². The Balaban J connectivity index is 3.16. The SMILES string of the molecule is CCN(C(=O)O)S(=O)(=O)c1ccc(OC)cc1. The van der Waals surface area contributed by atoms with E-state index in [1.54, 1.807) is 0 Å². The maximum Gasteiger partial charge on any atom is 0.421 e. The third kappa shape index (κ3) is 2.68. The predicted molar refractivity (Wildman–Crippen MR) is 60.6 cm³/mol. The molecule has 0 aliphatic heterocycles. The van der Waals surface area contributed by atoms with Gasteiger partial charge in [0.2, 0.25) is 0 Å². The molecule has 0 atom stereocenters. The summed E-state index contributed by atoms with van der Waals surface area (Å²) in [7, 11) is -2.54. The van der Waals surface area contributed by atoms with Gasteiger partial charge < -0.3 is 9.84 Å². The molecule has 0 radical (unpaired) electrons. The van der Waals surface area contributed by atoms with Crippen LogP contribution in [0.3, 0.4) is 0 Å². The van der Waals surface area contributed by atoms with E-state index >= 15 is 0 Å². The third-order valence-corrected chi connectivity index (χ3v) is 4.01. The fourth-order valence-corrected chi connectivity index (χ4v) is 2.56. The second-order valence-electron chi connectivity index (χ2n) is 3.13. The summed E-state index contributed by atoms with van der Waals surface area (Å²) < 4.78 is 29.1. The van der Waals surface area contributed by atoms with Crippen molar-refractivity contribution in [1.82, 2.24) is 4.31 Å². The summed E-state index contributed by atoms with van der Waals surface area (Å²) in [6.45, 7) is 1.32. The zero-order chi connectivity index (χ0) is 13.1. The number of rotatable bonds is 4. The number of carbonyl (C=O) groups is 1. The average molecular weight is 259 g/mol. The van der Waals surface area contributed by atoms with E-state index in [2.05, 4.69) is 0 Å². The molecule has 0 saturated heterocycles. The Labute approximate surface area is 99.5 Å². The maximum atomic E-state index is 11.9. The van der Waals surface area contributed by atoms with Gasteiger partial charge in [-0.05, 0) is 31.2 Å². The van der Waals surface area contributed by atoms with Crippen molar-refractivity contribution in [2.24, 2.45) is 0 Å². The molecule has 17 heavy (non-hydrogen) atoms. The van der Waals surface area contributed by atoms with Crippen LogP contribution in [-0.2, 0) is 10.0 Å². The number of sulfonamides is 1. The molecule has 1 aromatic rings. The molecule has 1 aromatic carbocycles. The van der Waals surface area contributed by atoms with Gasteiger partial charge in [-0.3, -0.25) is 0 Å². The molecule has 94 valence electrons. The molecule has 0 bridgehead atoms. The predicted octanol–water partition coefficient (Wildman–Crippen LogP) is 1.38. The van der Waals surface area contributed by atoms with Crippen LogP contribution in [0.25, 0.3) is 0 Å². The first kappa shape index (κ1) is 13.3. The van der Waals surface area contributed by atoms with Gasteiger partial charge in [-0.25, -0.2) is 17.5 Å². The summed E-state index contributed by atoms with van der Waals surface area (Å²) in [6.07, 6.45) is -1.50. The van der Waals surface area contributed by atoms with Crippen molar-refractivity contribution < 1.29 is 23.1 Å². The van der Waals surface area contributed by atoms with Gasteiger partial charge in [0.15, 0.2) is 0 Å². The topological polar surface area (TPSA) is 83.9 Å². The van der Waals surface area contributed by atoms with Crippen LogP contribution in [0.4, 0.5) is 4.79 Å². The first-order valence-corrected chi connectivity index (χ1v) is 6.27. The molecule has 0 aliphatic rings. The molecule has 1 N–H and O–H groups in total. The summed E-state index contributed by atoms with van der Waals surface area (Å²) in [4.78, 5) is 10.7. The zero-order valence-corrected chi connectivity index (χ0v) is 10.3. The van der Waals surface area contributed by atoms with Crippen LogP contribution < -0.4 is 4.74 Å². The Hall–Kier alpha value is -1.76. The molecule has 0 fully saturated rings.